The van der Waals surface area contributed by atoms with Gasteiger partial charge in [0.1, 0.15) is 29.0 Å². The highest BCUT2D eigenvalue weighted by atomic mass is 16.6. The largest absolute Gasteiger partial charge is 0.463 e. The van der Waals surface area contributed by atoms with Gasteiger partial charge in [0.25, 0.3) is 0 Å². The van der Waals surface area contributed by atoms with Crippen LogP contribution in [0.5, 0.6) is 0 Å². The number of cyclic esters (lactones) is 2. The maximum Gasteiger partial charge on any atom is 0.347 e. The van der Waals surface area contributed by atoms with E-state index in [1.54, 1.807) is 27.7 Å². The van der Waals surface area contributed by atoms with Crippen LogP contribution in [0.4, 0.5) is 0 Å². The molecule has 0 radical (unpaired) electrons. The number of hydrogen-bond acceptors (Lipinski definition) is 21. The minimum Gasteiger partial charge on any atom is -0.463 e. The normalized spacial score (nSPS) is 36.2. The van der Waals surface area contributed by atoms with Crippen LogP contribution in [0.1, 0.15) is 318 Å². The molecule has 0 aromatic heterocycles. The number of fused-ring (bicyclic) bond motifs is 1. The first-order valence-corrected chi connectivity index (χ1v) is 42.6. The van der Waals surface area contributed by atoms with E-state index in [1.165, 1.54) is 70.6 Å². The summed E-state index contributed by atoms with van der Waals surface area (Å²) in [6.07, 6.45) is 25.9. The summed E-state index contributed by atoms with van der Waals surface area (Å²) in [5.74, 6) is 5.15. The van der Waals surface area contributed by atoms with Crippen LogP contribution >= 0.6 is 0 Å². The number of carbonyl (C=O) groups is 10. The summed E-state index contributed by atoms with van der Waals surface area (Å²) in [5, 5.41) is 10.6. The van der Waals surface area contributed by atoms with Crippen LogP contribution in [0.3, 0.4) is 0 Å². The molecule has 9 unspecified atom stereocenters. The summed E-state index contributed by atoms with van der Waals surface area (Å²) in [4.78, 5) is 118. The van der Waals surface area contributed by atoms with Crippen molar-refractivity contribution in [2.75, 3.05) is 19.8 Å². The second kappa shape index (κ2) is 34.0. The van der Waals surface area contributed by atoms with Crippen LogP contribution in [0, 0.1) is 109 Å². The van der Waals surface area contributed by atoms with Gasteiger partial charge in [-0.1, -0.05) is 55.4 Å². The smallest absolute Gasteiger partial charge is 0.347 e. The van der Waals surface area contributed by atoms with Gasteiger partial charge in [-0.2, -0.15) is 0 Å². The first-order valence-electron chi connectivity index (χ1n) is 42.6. The van der Waals surface area contributed by atoms with Gasteiger partial charge in [0, 0.05) is 31.1 Å². The van der Waals surface area contributed by atoms with Gasteiger partial charge in [-0.3, -0.25) is 33.6 Å². The Morgan fingerprint density at radius 2 is 0.771 bits per heavy atom. The Bertz CT molecular complexity index is 3160. The fraction of sp³-hybridized carbons (Fsp3) is 0.886. The molecule has 0 aromatic carbocycles. The Balaban J connectivity index is 0.000000152. The number of esters is 10. The van der Waals surface area contributed by atoms with E-state index in [-0.39, 0.29) is 94.7 Å². The number of aliphatic hydroxyl groups is 1. The van der Waals surface area contributed by atoms with Crippen LogP contribution in [0.15, 0.2) is 0 Å². The molecular weight excluding hydrogens is 1390 g/mol. The highest BCUT2D eigenvalue weighted by molar-refractivity contribution is 5.84. The van der Waals surface area contributed by atoms with Crippen molar-refractivity contribution in [1.82, 2.24) is 0 Å². The standard InChI is InChI=1S/C20H32O4.C18H30O2.C16H26O3.C14H20O4.2C10H16O4/c1-5-19(3,4)18(22)23-12-17(21)24-20(6-2)15-8-13-7-14(10-15)11-16(20)9-13;1-5-17(3,4)16(19)20-18(6-2)14-8-12-7-13(10-14)11-15(18)9-12;1-4-14(2,3)13(17)19-16-8-11-5-12(9-16)7-15(18,6-11)10-16;1-4-14(2,3)13(16)18-10-7-5-8-9(6-7)12(15)17-11(8)10;2*1-4-10(2,3)9(12)14-7-5-6-13-8(7)11/h13-16H,5-12H2,1-4H3;12-15H,5-11H2,1-4H3;11-12,18H,4-10H2,1-3H3;7-11H,4-6H2,1-3H3;2*7H,4-6H2,1-3H3. The van der Waals surface area contributed by atoms with Gasteiger partial charge in [-0.25, -0.2) is 14.4 Å². The predicted molar refractivity (Wildman–Crippen MR) is 407 cm³/mol. The second-order valence-corrected chi connectivity index (χ2v) is 39.8. The Morgan fingerprint density at radius 1 is 0.413 bits per heavy atom. The lowest BCUT2D eigenvalue weighted by Gasteiger charge is -2.60. The molecule has 3 aliphatic heterocycles. The monoisotopic (exact) mass is 1530 g/mol. The zero-order chi connectivity index (χ0) is 80.6. The summed E-state index contributed by atoms with van der Waals surface area (Å²) in [6, 6.07) is 0. The third-order valence-corrected chi connectivity index (χ3v) is 29.9. The molecule has 14 aliphatic carbocycles. The first kappa shape index (κ1) is 87.6. The van der Waals surface area contributed by atoms with E-state index < -0.39 is 56.8 Å². The average molecular weight is 1530 g/mol. The molecule has 0 amide bonds. The molecule has 17 fully saturated rings. The Labute approximate surface area is 651 Å². The minimum atomic E-state index is -0.687. The van der Waals surface area contributed by atoms with Crippen LogP contribution in [0.2, 0.25) is 0 Å². The summed E-state index contributed by atoms with van der Waals surface area (Å²) in [6.45, 7) is 39.3. The third kappa shape index (κ3) is 19.2. The van der Waals surface area contributed by atoms with Crippen LogP contribution in [-0.4, -0.2) is 131 Å². The molecule has 618 valence electrons. The molecule has 9 atom stereocenters. The molecule has 3 saturated heterocycles. The quantitative estimate of drug-likeness (QED) is 0.0778. The predicted octanol–water partition coefficient (Wildman–Crippen LogP) is 16.2. The van der Waals surface area contributed by atoms with Crippen LogP contribution < -0.4 is 0 Å². The molecule has 21 heteroatoms. The second-order valence-electron chi connectivity index (χ2n) is 39.8. The van der Waals surface area contributed by atoms with Gasteiger partial charge in [0.15, 0.2) is 6.61 Å². The number of carbonyl (C=O) groups excluding carboxylic acids is 10. The van der Waals surface area contributed by atoms with E-state index in [9.17, 15) is 53.1 Å². The van der Waals surface area contributed by atoms with Gasteiger partial charge in [0.05, 0.1) is 57.2 Å². The van der Waals surface area contributed by atoms with E-state index in [4.69, 9.17) is 47.4 Å². The van der Waals surface area contributed by atoms with Gasteiger partial charge >= 0.3 is 59.7 Å². The molecule has 0 spiro atoms. The number of rotatable bonds is 22. The van der Waals surface area contributed by atoms with Crippen molar-refractivity contribution in [1.29, 1.82) is 0 Å². The molecule has 14 bridgehead atoms. The van der Waals surface area contributed by atoms with E-state index in [0.717, 1.165) is 94.3 Å². The maximum absolute atomic E-state index is 12.6. The van der Waals surface area contributed by atoms with E-state index in [1.807, 2.05) is 90.0 Å². The van der Waals surface area contributed by atoms with Crippen molar-refractivity contribution in [2.45, 2.75) is 365 Å². The molecule has 0 aromatic rings. The third-order valence-electron chi connectivity index (χ3n) is 29.9. The Hall–Kier alpha value is -5.34. The van der Waals surface area contributed by atoms with Crippen molar-refractivity contribution in [3.63, 3.8) is 0 Å². The summed E-state index contributed by atoms with van der Waals surface area (Å²) < 4.78 is 54.1. The molecule has 14 saturated carbocycles. The SMILES string of the molecule is CCC(C)(C)C(=O)OC1(CC)C2CC3CC(C2)CC1C3.CCC(C)(C)C(=O)OC12CC3CC(CC(O)(C3)C1)C2.CCC(C)(C)C(=O)OC1C2CC3C(=O)OC1C3C2.CCC(C)(C)C(=O)OC1CCOC1=O.CCC(C)(C)C(=O)OC1CCOC1=O.CCC(C)(C)C(=O)OCC(=O)OC1(CC)C2CC3CC(C2)CC1C3. The molecule has 17 rings (SSSR count). The van der Waals surface area contributed by atoms with Gasteiger partial charge < -0.3 is 52.5 Å². The highest BCUT2D eigenvalue weighted by Crippen LogP contribution is 2.64. The minimum absolute atomic E-state index is 0.0364. The molecule has 21 nitrogen and oxygen atoms in total. The first-order chi connectivity index (χ1) is 50.8. The van der Waals surface area contributed by atoms with Gasteiger partial charge in [-0.05, 0) is 303 Å². The summed E-state index contributed by atoms with van der Waals surface area (Å²) >= 11 is 0. The maximum atomic E-state index is 12.6. The highest BCUT2D eigenvalue weighted by Gasteiger charge is 2.65. The molecule has 109 heavy (non-hydrogen) atoms. The fourth-order valence-corrected chi connectivity index (χ4v) is 21.0. The van der Waals surface area contributed by atoms with Crippen molar-refractivity contribution in [2.24, 2.45) is 109 Å². The molecular formula is C88H140O21. The lowest BCUT2D eigenvalue weighted by molar-refractivity contribution is -0.225. The van der Waals surface area contributed by atoms with Crippen LogP contribution in [-0.2, 0) is 95.3 Å². The number of hydrogen-bond donors (Lipinski definition) is 1. The van der Waals surface area contributed by atoms with E-state index >= 15 is 0 Å². The van der Waals surface area contributed by atoms with Gasteiger partial charge in [-0.15, -0.1) is 0 Å². The zero-order valence-corrected chi connectivity index (χ0v) is 70.3. The van der Waals surface area contributed by atoms with Crippen molar-refractivity contribution in [3.8, 4) is 0 Å². The van der Waals surface area contributed by atoms with Gasteiger partial charge in [0.2, 0.25) is 12.2 Å². The van der Waals surface area contributed by atoms with Crippen molar-refractivity contribution >= 4 is 59.7 Å². The lowest BCUT2D eigenvalue weighted by atomic mass is 9.49. The average Bonchev–Trinajstić information content (AvgIpc) is 1.17. The summed E-state index contributed by atoms with van der Waals surface area (Å²) in [7, 11) is 0. The van der Waals surface area contributed by atoms with Crippen LogP contribution in [0.25, 0.3) is 0 Å². The number of ether oxygens (including phenoxy) is 10. The Kier molecular flexibility index (Phi) is 27.3. The Morgan fingerprint density at radius 3 is 1.14 bits per heavy atom. The zero-order valence-electron chi connectivity index (χ0n) is 70.3. The topological polar surface area (TPSA) is 283 Å². The molecule has 1 N–H and O–H groups in total. The fourth-order valence-electron chi connectivity index (χ4n) is 21.0. The van der Waals surface area contributed by atoms with Crippen molar-refractivity contribution < 1.29 is 100 Å². The van der Waals surface area contributed by atoms with E-state index in [2.05, 4.69) is 20.8 Å². The molecule has 17 aliphatic rings. The molecule has 3 heterocycles. The summed E-state index contributed by atoms with van der Waals surface area (Å²) in [5.41, 5.74) is -4.15. The van der Waals surface area contributed by atoms with E-state index in [0.29, 0.717) is 99.1 Å². The lowest BCUT2D eigenvalue weighted by Crippen LogP contribution is -2.61. The van der Waals surface area contributed by atoms with Crippen molar-refractivity contribution in [3.05, 3.63) is 0 Å².